The number of piperazine rings is 1. The summed E-state index contributed by atoms with van der Waals surface area (Å²) in [5, 5.41) is 0. The number of carbonyl (C=O) groups is 1. The number of hydrogen-bond acceptors (Lipinski definition) is 6. The number of halogens is 2. The summed E-state index contributed by atoms with van der Waals surface area (Å²) in [4.78, 5) is 17.7. The fraction of sp³-hybridized carbons (Fsp3) is 0.438. The van der Waals surface area contributed by atoms with Crippen LogP contribution < -0.4 is 0 Å². The lowest BCUT2D eigenvalue weighted by Crippen LogP contribution is -2.50. The summed E-state index contributed by atoms with van der Waals surface area (Å²) in [5.74, 6) is -0.192. The van der Waals surface area contributed by atoms with Gasteiger partial charge in [-0.25, -0.2) is 8.42 Å². The third-order valence-corrected chi connectivity index (χ3v) is 9.02. The van der Waals surface area contributed by atoms with Crippen molar-refractivity contribution in [2.24, 2.45) is 0 Å². The van der Waals surface area contributed by atoms with E-state index in [1.807, 2.05) is 12.1 Å². The average Bonchev–Trinajstić information content (AvgIpc) is 3.24. The average molecular weight is 468 g/mol. The van der Waals surface area contributed by atoms with E-state index in [1.54, 1.807) is 16.2 Å². The molecule has 1 saturated heterocycles. The van der Waals surface area contributed by atoms with Crippen molar-refractivity contribution >= 4 is 61.8 Å². The largest absolute Gasteiger partial charge is 0.339 e. The van der Waals surface area contributed by atoms with Gasteiger partial charge in [0, 0.05) is 44.6 Å². The lowest BCUT2D eigenvalue weighted by Gasteiger charge is -2.35. The minimum atomic E-state index is -3.70. The van der Waals surface area contributed by atoms with Crippen molar-refractivity contribution in [1.29, 1.82) is 0 Å². The number of nitrogens with zero attached hydrogens (tertiary/aromatic N) is 3. The second-order valence-corrected chi connectivity index (χ2v) is 12.0. The Hall–Kier alpha value is -0.680. The number of sulfonamides is 1. The maximum absolute atomic E-state index is 12.5. The van der Waals surface area contributed by atoms with Gasteiger partial charge in [0.15, 0.2) is 0 Å². The van der Waals surface area contributed by atoms with Crippen molar-refractivity contribution < 1.29 is 13.2 Å². The summed E-state index contributed by atoms with van der Waals surface area (Å²) in [7, 11) is -2.29. The zero-order chi connectivity index (χ0) is 19.6. The van der Waals surface area contributed by atoms with Gasteiger partial charge in [-0.1, -0.05) is 23.2 Å². The summed E-state index contributed by atoms with van der Waals surface area (Å²) >= 11 is 14.3. The first-order valence-corrected chi connectivity index (χ1v) is 12.0. The van der Waals surface area contributed by atoms with E-state index < -0.39 is 10.0 Å². The number of carbonyl (C=O) groups excluding carboxylic acids is 1. The van der Waals surface area contributed by atoms with Crippen LogP contribution in [0.5, 0.6) is 0 Å². The minimum Gasteiger partial charge on any atom is -0.339 e. The van der Waals surface area contributed by atoms with Gasteiger partial charge in [-0.2, -0.15) is 4.31 Å². The molecule has 1 fully saturated rings. The van der Waals surface area contributed by atoms with Crippen LogP contribution in [0.25, 0.3) is 0 Å². The third-order valence-electron chi connectivity index (χ3n) is 4.30. The van der Waals surface area contributed by atoms with E-state index in [2.05, 4.69) is 4.90 Å². The lowest BCUT2D eigenvalue weighted by atomic mass is 10.3. The van der Waals surface area contributed by atoms with Gasteiger partial charge in [0.2, 0.25) is 5.91 Å². The topological polar surface area (TPSA) is 60.9 Å². The Morgan fingerprint density at radius 3 is 2.26 bits per heavy atom. The highest BCUT2D eigenvalue weighted by Gasteiger charge is 2.28. The fourth-order valence-corrected chi connectivity index (χ4v) is 6.72. The molecular formula is C16H19Cl2N3O3S3. The van der Waals surface area contributed by atoms with Crippen LogP contribution in [0, 0.1) is 0 Å². The lowest BCUT2D eigenvalue weighted by molar-refractivity contribution is -0.133. The third kappa shape index (κ3) is 5.23. The fourth-order valence-electron chi connectivity index (χ4n) is 2.78. The molecular weight excluding hydrogens is 449 g/mol. The molecule has 11 heteroatoms. The molecule has 0 atom stereocenters. The van der Waals surface area contributed by atoms with Crippen molar-refractivity contribution in [3.8, 4) is 0 Å². The number of rotatable bonds is 6. The quantitative estimate of drug-likeness (QED) is 0.654. The molecule has 3 heterocycles. The Balaban J connectivity index is 1.51. The standard InChI is InChI=1S/C16H19Cl2N3O3S3/c1-19(27(23,24)16-5-4-14(18)26-16)11-15(22)21-8-6-20(7-9-21)10-12-2-3-13(17)25-12/h2-5H,6-11H2,1H3. The Morgan fingerprint density at radius 1 is 1.07 bits per heavy atom. The van der Waals surface area contributed by atoms with E-state index in [0.29, 0.717) is 17.4 Å². The number of thiophene rings is 2. The Labute approximate surface area is 176 Å². The monoisotopic (exact) mass is 467 g/mol. The van der Waals surface area contributed by atoms with Crippen LogP contribution in [0.3, 0.4) is 0 Å². The van der Waals surface area contributed by atoms with Crippen LogP contribution in [0.4, 0.5) is 0 Å². The van der Waals surface area contributed by atoms with Crippen LogP contribution >= 0.6 is 45.9 Å². The van der Waals surface area contributed by atoms with Crippen molar-refractivity contribution in [3.05, 3.63) is 37.8 Å². The molecule has 148 valence electrons. The summed E-state index contributed by atoms with van der Waals surface area (Å²) in [6.07, 6.45) is 0. The molecule has 0 N–H and O–H groups in total. The summed E-state index contributed by atoms with van der Waals surface area (Å²) < 4.78 is 27.4. The molecule has 0 bridgehead atoms. The van der Waals surface area contributed by atoms with Crippen molar-refractivity contribution in [1.82, 2.24) is 14.1 Å². The molecule has 1 aliphatic rings. The molecule has 0 aromatic carbocycles. The first-order chi connectivity index (χ1) is 12.8. The van der Waals surface area contributed by atoms with E-state index >= 15 is 0 Å². The van der Waals surface area contributed by atoms with Gasteiger partial charge in [0.25, 0.3) is 10.0 Å². The number of likely N-dealkylation sites (N-methyl/N-ethyl adjacent to an activating group) is 1. The molecule has 0 unspecified atom stereocenters. The first kappa shape index (κ1) is 21.0. The van der Waals surface area contributed by atoms with Gasteiger partial charge in [0.05, 0.1) is 15.2 Å². The second kappa shape index (κ2) is 8.77. The molecule has 1 amide bonds. The smallest absolute Gasteiger partial charge is 0.252 e. The van der Waals surface area contributed by atoms with Gasteiger partial charge in [0.1, 0.15) is 4.21 Å². The van der Waals surface area contributed by atoms with Gasteiger partial charge >= 0.3 is 0 Å². The summed E-state index contributed by atoms with van der Waals surface area (Å²) in [6.45, 7) is 3.29. The summed E-state index contributed by atoms with van der Waals surface area (Å²) in [5.41, 5.74) is 0. The zero-order valence-corrected chi connectivity index (χ0v) is 18.6. The van der Waals surface area contributed by atoms with Crippen molar-refractivity contribution in [2.45, 2.75) is 10.8 Å². The molecule has 27 heavy (non-hydrogen) atoms. The maximum Gasteiger partial charge on any atom is 0.252 e. The Bertz CT molecular complexity index is 905. The number of amides is 1. The molecule has 3 rings (SSSR count). The Morgan fingerprint density at radius 2 is 1.70 bits per heavy atom. The highest BCUT2D eigenvalue weighted by atomic mass is 35.5. The van der Waals surface area contributed by atoms with Gasteiger partial charge in [-0.3, -0.25) is 9.69 Å². The molecule has 0 spiro atoms. The molecule has 2 aromatic rings. The van der Waals surface area contributed by atoms with Crippen molar-refractivity contribution in [3.63, 3.8) is 0 Å². The predicted octanol–water partition coefficient (Wildman–Crippen LogP) is 3.08. The number of hydrogen-bond donors (Lipinski definition) is 0. The van der Waals surface area contributed by atoms with Gasteiger partial charge < -0.3 is 4.90 Å². The van der Waals surface area contributed by atoms with Crippen LogP contribution in [0.1, 0.15) is 4.88 Å². The highest BCUT2D eigenvalue weighted by molar-refractivity contribution is 7.91. The molecule has 0 saturated carbocycles. The van der Waals surface area contributed by atoms with E-state index in [-0.39, 0.29) is 16.7 Å². The molecule has 0 radical (unpaired) electrons. The minimum absolute atomic E-state index is 0.141. The maximum atomic E-state index is 12.5. The summed E-state index contributed by atoms with van der Waals surface area (Å²) in [6, 6.07) is 6.90. The normalized spacial score (nSPS) is 16.2. The first-order valence-electron chi connectivity index (χ1n) is 8.22. The highest BCUT2D eigenvalue weighted by Crippen LogP contribution is 2.27. The Kier molecular flexibility index (Phi) is 6.83. The molecule has 0 aliphatic carbocycles. The zero-order valence-electron chi connectivity index (χ0n) is 14.6. The molecule has 6 nitrogen and oxygen atoms in total. The van der Waals surface area contributed by atoms with Crippen LogP contribution in [-0.4, -0.2) is 68.2 Å². The SMILES string of the molecule is CN(CC(=O)N1CCN(Cc2ccc(Cl)s2)CC1)S(=O)(=O)c1ccc(Cl)s1. The van der Waals surface area contributed by atoms with E-state index in [0.717, 1.165) is 39.6 Å². The predicted molar refractivity (Wildman–Crippen MR) is 110 cm³/mol. The molecule has 2 aromatic heterocycles. The second-order valence-electron chi connectivity index (χ2n) is 6.18. The van der Waals surface area contributed by atoms with E-state index in [1.165, 1.54) is 24.1 Å². The van der Waals surface area contributed by atoms with Gasteiger partial charge in [-0.05, 0) is 24.3 Å². The van der Waals surface area contributed by atoms with Crippen LogP contribution in [-0.2, 0) is 21.4 Å². The van der Waals surface area contributed by atoms with E-state index in [9.17, 15) is 13.2 Å². The van der Waals surface area contributed by atoms with Gasteiger partial charge in [-0.15, -0.1) is 22.7 Å². The van der Waals surface area contributed by atoms with Crippen LogP contribution in [0.15, 0.2) is 28.5 Å². The van der Waals surface area contributed by atoms with Crippen molar-refractivity contribution in [2.75, 3.05) is 39.8 Å². The molecule has 1 aliphatic heterocycles. The van der Waals surface area contributed by atoms with E-state index in [4.69, 9.17) is 23.2 Å². The van der Waals surface area contributed by atoms with Crippen LogP contribution in [0.2, 0.25) is 8.67 Å².